The number of aromatic nitrogens is 3. The second-order valence-electron chi connectivity index (χ2n) is 5.80. The fourth-order valence-corrected chi connectivity index (χ4v) is 3.30. The molecule has 2 aromatic rings. The Hall–Kier alpha value is -1.69. The quantitative estimate of drug-likeness (QED) is 0.890. The van der Waals surface area contributed by atoms with Crippen LogP contribution in [0.3, 0.4) is 0 Å². The molecular formula is C16H24N4OS. The van der Waals surface area contributed by atoms with Gasteiger partial charge in [-0.05, 0) is 39.2 Å². The van der Waals surface area contributed by atoms with Crippen LogP contribution in [0.25, 0.3) is 0 Å². The van der Waals surface area contributed by atoms with Gasteiger partial charge in [-0.3, -0.25) is 9.48 Å². The molecule has 0 unspecified atom stereocenters. The van der Waals surface area contributed by atoms with Crippen molar-refractivity contribution in [3.05, 3.63) is 33.0 Å². The molecule has 0 spiro atoms. The highest BCUT2D eigenvalue weighted by Gasteiger charge is 2.15. The van der Waals surface area contributed by atoms with E-state index in [1.54, 1.807) is 0 Å². The summed E-state index contributed by atoms with van der Waals surface area (Å²) in [4.78, 5) is 17.4. The largest absolute Gasteiger partial charge is 0.351 e. The molecule has 2 rings (SSSR count). The van der Waals surface area contributed by atoms with Gasteiger partial charge in [0.2, 0.25) is 0 Å². The van der Waals surface area contributed by atoms with Crippen LogP contribution in [-0.4, -0.2) is 27.2 Å². The van der Waals surface area contributed by atoms with Gasteiger partial charge in [-0.2, -0.15) is 5.10 Å². The van der Waals surface area contributed by atoms with E-state index in [1.165, 1.54) is 11.3 Å². The third-order valence-corrected chi connectivity index (χ3v) is 4.85. The van der Waals surface area contributed by atoms with Crippen molar-refractivity contribution < 1.29 is 4.79 Å². The molecule has 0 aliphatic rings. The van der Waals surface area contributed by atoms with Crippen molar-refractivity contribution in [1.29, 1.82) is 0 Å². The Labute approximate surface area is 135 Å². The molecule has 2 aromatic heterocycles. The molecule has 2 heterocycles. The zero-order valence-electron chi connectivity index (χ0n) is 13.9. The fraction of sp³-hybridized carbons (Fsp3) is 0.562. The van der Waals surface area contributed by atoms with Crippen LogP contribution in [0.1, 0.15) is 45.6 Å². The number of carbonyl (C=O) groups is 1. The summed E-state index contributed by atoms with van der Waals surface area (Å²) < 4.78 is 2.00. The molecule has 0 saturated carbocycles. The van der Waals surface area contributed by atoms with Crippen LogP contribution in [0.4, 0.5) is 0 Å². The SMILES string of the molecule is CCc1nc(C)c(C(=O)NC[C@H](C)Cn2nc(C)cc2C)s1. The van der Waals surface area contributed by atoms with E-state index in [0.29, 0.717) is 12.5 Å². The number of amides is 1. The molecule has 6 heteroatoms. The molecular weight excluding hydrogens is 296 g/mol. The number of hydrogen-bond acceptors (Lipinski definition) is 4. The Morgan fingerprint density at radius 1 is 1.41 bits per heavy atom. The van der Waals surface area contributed by atoms with E-state index in [0.717, 1.165) is 39.9 Å². The van der Waals surface area contributed by atoms with Gasteiger partial charge in [-0.15, -0.1) is 11.3 Å². The number of nitrogens with one attached hydrogen (secondary N) is 1. The van der Waals surface area contributed by atoms with Crippen molar-refractivity contribution >= 4 is 17.2 Å². The average molecular weight is 320 g/mol. The number of nitrogens with zero attached hydrogens (tertiary/aromatic N) is 3. The smallest absolute Gasteiger partial charge is 0.263 e. The Bertz CT molecular complexity index is 659. The molecule has 1 N–H and O–H groups in total. The molecule has 0 aliphatic heterocycles. The zero-order valence-corrected chi connectivity index (χ0v) is 14.8. The summed E-state index contributed by atoms with van der Waals surface area (Å²) in [6.45, 7) is 11.6. The molecule has 1 atom stereocenters. The second-order valence-corrected chi connectivity index (χ2v) is 6.88. The highest BCUT2D eigenvalue weighted by atomic mass is 32.1. The minimum atomic E-state index is -0.0186. The number of carbonyl (C=O) groups excluding carboxylic acids is 1. The molecule has 120 valence electrons. The Morgan fingerprint density at radius 2 is 2.14 bits per heavy atom. The van der Waals surface area contributed by atoms with Gasteiger partial charge >= 0.3 is 0 Å². The maximum Gasteiger partial charge on any atom is 0.263 e. The van der Waals surface area contributed by atoms with E-state index in [2.05, 4.69) is 42.2 Å². The molecule has 0 radical (unpaired) electrons. The number of thiazole rings is 1. The first-order valence-electron chi connectivity index (χ1n) is 7.66. The van der Waals surface area contributed by atoms with Crippen LogP contribution in [-0.2, 0) is 13.0 Å². The average Bonchev–Trinajstić information content (AvgIpc) is 2.99. The van der Waals surface area contributed by atoms with Gasteiger partial charge in [-0.25, -0.2) is 4.98 Å². The second kappa shape index (κ2) is 7.05. The van der Waals surface area contributed by atoms with Crippen LogP contribution in [0, 0.1) is 26.7 Å². The molecule has 0 saturated heterocycles. The normalized spacial score (nSPS) is 12.4. The maximum atomic E-state index is 12.3. The Balaban J connectivity index is 1.90. The third-order valence-electron chi connectivity index (χ3n) is 3.55. The van der Waals surface area contributed by atoms with Gasteiger partial charge in [-0.1, -0.05) is 13.8 Å². The molecule has 0 aliphatic carbocycles. The van der Waals surface area contributed by atoms with Crippen LogP contribution < -0.4 is 5.32 Å². The standard InChI is InChI=1S/C16H24N4OS/c1-6-14-18-13(5)15(22-14)16(21)17-8-10(2)9-20-12(4)7-11(3)19-20/h7,10H,6,8-9H2,1-5H3,(H,17,21)/t10-/m0/s1. The number of rotatable bonds is 6. The van der Waals surface area contributed by atoms with E-state index >= 15 is 0 Å². The summed E-state index contributed by atoms with van der Waals surface area (Å²) >= 11 is 1.49. The lowest BCUT2D eigenvalue weighted by atomic mass is 10.2. The van der Waals surface area contributed by atoms with Crippen molar-refractivity contribution in [2.75, 3.05) is 6.54 Å². The fourth-order valence-electron chi connectivity index (χ4n) is 2.38. The van der Waals surface area contributed by atoms with Crippen LogP contribution in [0.15, 0.2) is 6.07 Å². The summed E-state index contributed by atoms with van der Waals surface area (Å²) in [5, 5.41) is 8.49. The molecule has 22 heavy (non-hydrogen) atoms. The Morgan fingerprint density at radius 3 is 2.68 bits per heavy atom. The van der Waals surface area contributed by atoms with Crippen molar-refractivity contribution in [2.45, 2.75) is 47.6 Å². The maximum absolute atomic E-state index is 12.3. The van der Waals surface area contributed by atoms with E-state index in [4.69, 9.17) is 0 Å². The molecule has 1 amide bonds. The predicted octanol–water partition coefficient (Wildman–Crippen LogP) is 2.89. The van der Waals surface area contributed by atoms with Gasteiger partial charge in [0.25, 0.3) is 5.91 Å². The highest BCUT2D eigenvalue weighted by molar-refractivity contribution is 7.13. The van der Waals surface area contributed by atoms with Gasteiger partial charge < -0.3 is 5.32 Å². The van der Waals surface area contributed by atoms with Crippen molar-refractivity contribution in [3.63, 3.8) is 0 Å². The summed E-state index contributed by atoms with van der Waals surface area (Å²) in [6.07, 6.45) is 0.868. The van der Waals surface area contributed by atoms with Gasteiger partial charge in [0.15, 0.2) is 0 Å². The van der Waals surface area contributed by atoms with Crippen LogP contribution >= 0.6 is 11.3 Å². The summed E-state index contributed by atoms with van der Waals surface area (Å²) in [5.41, 5.74) is 3.01. The summed E-state index contributed by atoms with van der Waals surface area (Å²) in [6, 6.07) is 2.07. The van der Waals surface area contributed by atoms with Gasteiger partial charge in [0.1, 0.15) is 4.88 Å². The van der Waals surface area contributed by atoms with Crippen LogP contribution in [0.5, 0.6) is 0 Å². The van der Waals surface area contributed by atoms with E-state index in [1.807, 2.05) is 18.5 Å². The van der Waals surface area contributed by atoms with Crippen molar-refractivity contribution in [3.8, 4) is 0 Å². The number of hydrogen-bond donors (Lipinski definition) is 1. The van der Waals surface area contributed by atoms with E-state index in [-0.39, 0.29) is 5.91 Å². The lowest BCUT2D eigenvalue weighted by Crippen LogP contribution is -2.30. The highest BCUT2D eigenvalue weighted by Crippen LogP contribution is 2.18. The predicted molar refractivity (Wildman–Crippen MR) is 89.4 cm³/mol. The monoisotopic (exact) mass is 320 g/mol. The van der Waals surface area contributed by atoms with Crippen LogP contribution in [0.2, 0.25) is 0 Å². The van der Waals surface area contributed by atoms with Gasteiger partial charge in [0.05, 0.1) is 16.4 Å². The first kappa shape index (κ1) is 16.7. The van der Waals surface area contributed by atoms with E-state index < -0.39 is 0 Å². The molecule has 0 bridgehead atoms. The lowest BCUT2D eigenvalue weighted by molar-refractivity contribution is 0.0950. The third kappa shape index (κ3) is 3.94. The Kier molecular flexibility index (Phi) is 5.34. The molecule has 5 nitrogen and oxygen atoms in total. The minimum Gasteiger partial charge on any atom is -0.351 e. The van der Waals surface area contributed by atoms with Crippen molar-refractivity contribution in [1.82, 2.24) is 20.1 Å². The van der Waals surface area contributed by atoms with E-state index in [9.17, 15) is 4.79 Å². The first-order valence-corrected chi connectivity index (χ1v) is 8.47. The van der Waals surface area contributed by atoms with Crippen molar-refractivity contribution in [2.24, 2.45) is 5.92 Å². The van der Waals surface area contributed by atoms with Gasteiger partial charge in [0, 0.05) is 18.8 Å². The molecule has 0 fully saturated rings. The number of aryl methyl sites for hydroxylation is 4. The summed E-state index contributed by atoms with van der Waals surface area (Å²) in [7, 11) is 0. The minimum absolute atomic E-state index is 0.0186. The topological polar surface area (TPSA) is 59.8 Å². The first-order chi connectivity index (χ1) is 10.4. The lowest BCUT2D eigenvalue weighted by Gasteiger charge is -2.13. The molecule has 0 aromatic carbocycles. The zero-order chi connectivity index (χ0) is 16.3. The summed E-state index contributed by atoms with van der Waals surface area (Å²) in [5.74, 6) is 0.302.